The minimum Gasteiger partial charge on any atom is -0.494 e. The Balaban J connectivity index is 2.97. The molecule has 0 aliphatic carbocycles. The van der Waals surface area contributed by atoms with Crippen molar-refractivity contribution >= 4 is 23.2 Å². The van der Waals surface area contributed by atoms with Gasteiger partial charge in [0.1, 0.15) is 5.75 Å². The second kappa shape index (κ2) is 5.75. The van der Waals surface area contributed by atoms with E-state index in [0.717, 1.165) is 11.1 Å². The van der Waals surface area contributed by atoms with Crippen molar-refractivity contribution in [1.29, 1.82) is 0 Å². The molecular weight excluding hydrogens is 226 g/mol. The first-order valence-corrected chi connectivity index (χ1v) is 5.63. The fourth-order valence-corrected chi connectivity index (χ4v) is 1.79. The smallest absolute Gasteiger partial charge is 0.225 e. The van der Waals surface area contributed by atoms with Gasteiger partial charge in [-0.1, -0.05) is 6.07 Å². The molecule has 0 bridgehead atoms. The molecule has 1 N–H and O–H groups in total. The Morgan fingerprint density at radius 2 is 2.12 bits per heavy atom. The van der Waals surface area contributed by atoms with Crippen LogP contribution in [-0.4, -0.2) is 18.9 Å². The lowest BCUT2D eigenvalue weighted by Gasteiger charge is -2.13. The van der Waals surface area contributed by atoms with Crippen LogP contribution in [0.1, 0.15) is 17.5 Å². The number of halogens is 1. The van der Waals surface area contributed by atoms with Crippen LogP contribution in [0.3, 0.4) is 0 Å². The maximum atomic E-state index is 11.5. The van der Waals surface area contributed by atoms with Gasteiger partial charge in [-0.25, -0.2) is 0 Å². The van der Waals surface area contributed by atoms with Gasteiger partial charge in [0.25, 0.3) is 0 Å². The van der Waals surface area contributed by atoms with E-state index >= 15 is 0 Å². The highest BCUT2D eigenvalue weighted by Gasteiger charge is 2.10. The largest absolute Gasteiger partial charge is 0.494 e. The number of ether oxygens (including phenoxy) is 1. The van der Waals surface area contributed by atoms with Crippen molar-refractivity contribution in [3.63, 3.8) is 0 Å². The van der Waals surface area contributed by atoms with E-state index in [9.17, 15) is 4.79 Å². The molecule has 0 aliphatic heterocycles. The standard InChI is InChI=1S/C12H16ClNO2/c1-8-6-9(2)12(16-3)10(7-8)14-11(15)4-5-13/h6-7H,4-5H2,1-3H3,(H,14,15). The molecule has 16 heavy (non-hydrogen) atoms. The number of benzene rings is 1. The number of carbonyl (C=O) groups is 1. The number of alkyl halides is 1. The van der Waals surface area contributed by atoms with Gasteiger partial charge in [-0.3, -0.25) is 4.79 Å². The zero-order chi connectivity index (χ0) is 12.1. The molecule has 0 saturated heterocycles. The Morgan fingerprint density at radius 1 is 1.44 bits per heavy atom. The third kappa shape index (κ3) is 3.14. The summed E-state index contributed by atoms with van der Waals surface area (Å²) < 4.78 is 5.26. The van der Waals surface area contributed by atoms with E-state index in [0.29, 0.717) is 23.7 Å². The number of hydrogen-bond donors (Lipinski definition) is 1. The summed E-state index contributed by atoms with van der Waals surface area (Å²) in [7, 11) is 1.59. The summed E-state index contributed by atoms with van der Waals surface area (Å²) in [6.45, 7) is 3.92. The molecule has 1 aromatic rings. The van der Waals surface area contributed by atoms with Crippen LogP contribution in [0.5, 0.6) is 5.75 Å². The Labute approximate surface area is 101 Å². The van der Waals surface area contributed by atoms with Crippen LogP contribution in [0.4, 0.5) is 5.69 Å². The third-order valence-corrected chi connectivity index (χ3v) is 2.41. The molecule has 0 aromatic heterocycles. The summed E-state index contributed by atoms with van der Waals surface area (Å²) in [6.07, 6.45) is 0.303. The fourth-order valence-electron chi connectivity index (χ4n) is 1.62. The highest BCUT2D eigenvalue weighted by molar-refractivity contribution is 6.19. The molecule has 88 valence electrons. The predicted octanol–water partition coefficient (Wildman–Crippen LogP) is 2.88. The lowest BCUT2D eigenvalue weighted by molar-refractivity contribution is -0.115. The SMILES string of the molecule is COc1c(C)cc(C)cc1NC(=O)CCCl. The Kier molecular flexibility index (Phi) is 4.62. The molecule has 0 fully saturated rings. The second-order valence-electron chi connectivity index (χ2n) is 3.65. The number of aryl methyl sites for hydroxylation is 2. The lowest BCUT2D eigenvalue weighted by atomic mass is 10.1. The Hall–Kier alpha value is -1.22. The minimum absolute atomic E-state index is 0.0988. The van der Waals surface area contributed by atoms with Crippen LogP contribution < -0.4 is 10.1 Å². The maximum Gasteiger partial charge on any atom is 0.225 e. The lowest BCUT2D eigenvalue weighted by Crippen LogP contribution is -2.13. The average Bonchev–Trinajstić information content (AvgIpc) is 2.17. The van der Waals surface area contributed by atoms with Gasteiger partial charge in [-0.2, -0.15) is 0 Å². The van der Waals surface area contributed by atoms with E-state index in [1.165, 1.54) is 0 Å². The number of amides is 1. The summed E-state index contributed by atoms with van der Waals surface area (Å²) >= 11 is 5.51. The maximum absolute atomic E-state index is 11.5. The summed E-state index contributed by atoms with van der Waals surface area (Å²) in [5.41, 5.74) is 2.79. The zero-order valence-electron chi connectivity index (χ0n) is 9.76. The van der Waals surface area contributed by atoms with E-state index in [-0.39, 0.29) is 5.91 Å². The number of rotatable bonds is 4. The van der Waals surface area contributed by atoms with Crippen LogP contribution in [-0.2, 0) is 4.79 Å². The highest BCUT2D eigenvalue weighted by Crippen LogP contribution is 2.29. The van der Waals surface area contributed by atoms with Crippen molar-refractivity contribution in [1.82, 2.24) is 0 Å². The fraction of sp³-hybridized carbons (Fsp3) is 0.417. The first-order valence-electron chi connectivity index (χ1n) is 5.09. The van der Waals surface area contributed by atoms with Crippen molar-refractivity contribution in [3.05, 3.63) is 23.3 Å². The third-order valence-electron chi connectivity index (χ3n) is 2.22. The molecule has 1 aromatic carbocycles. The molecule has 0 radical (unpaired) electrons. The van der Waals surface area contributed by atoms with E-state index in [2.05, 4.69) is 5.32 Å². The first kappa shape index (κ1) is 12.8. The molecule has 3 nitrogen and oxygen atoms in total. The summed E-state index contributed by atoms with van der Waals surface area (Å²) in [6, 6.07) is 3.90. The van der Waals surface area contributed by atoms with Crippen LogP contribution in [0.25, 0.3) is 0 Å². The molecule has 1 amide bonds. The number of carbonyl (C=O) groups excluding carboxylic acids is 1. The van der Waals surface area contributed by atoms with Crippen LogP contribution in [0, 0.1) is 13.8 Å². The number of nitrogens with one attached hydrogen (secondary N) is 1. The first-order chi connectivity index (χ1) is 7.58. The van der Waals surface area contributed by atoms with E-state index in [1.807, 2.05) is 26.0 Å². The van der Waals surface area contributed by atoms with E-state index < -0.39 is 0 Å². The van der Waals surface area contributed by atoms with Gasteiger partial charge in [0.05, 0.1) is 12.8 Å². The minimum atomic E-state index is -0.0988. The van der Waals surface area contributed by atoms with Crippen molar-refractivity contribution in [2.75, 3.05) is 18.3 Å². The summed E-state index contributed by atoms with van der Waals surface area (Å²) in [5.74, 6) is 0.922. The monoisotopic (exact) mass is 241 g/mol. The molecule has 1 rings (SSSR count). The van der Waals surface area contributed by atoms with Crippen molar-refractivity contribution in [3.8, 4) is 5.75 Å². The van der Waals surface area contributed by atoms with Gasteiger partial charge >= 0.3 is 0 Å². The van der Waals surface area contributed by atoms with Gasteiger partial charge in [0.15, 0.2) is 0 Å². The van der Waals surface area contributed by atoms with Crippen LogP contribution in [0.2, 0.25) is 0 Å². The van der Waals surface area contributed by atoms with Crippen molar-refractivity contribution in [2.45, 2.75) is 20.3 Å². The topological polar surface area (TPSA) is 38.3 Å². The molecular formula is C12H16ClNO2. The Morgan fingerprint density at radius 3 is 2.69 bits per heavy atom. The average molecular weight is 242 g/mol. The Bertz CT molecular complexity index is 391. The van der Waals surface area contributed by atoms with Gasteiger partial charge in [0.2, 0.25) is 5.91 Å². The summed E-state index contributed by atoms with van der Waals surface area (Å²) in [4.78, 5) is 11.5. The van der Waals surface area contributed by atoms with Gasteiger partial charge < -0.3 is 10.1 Å². The quantitative estimate of drug-likeness (QED) is 0.824. The molecule has 0 spiro atoms. The predicted molar refractivity (Wildman–Crippen MR) is 66.4 cm³/mol. The van der Waals surface area contributed by atoms with Crippen LogP contribution >= 0.6 is 11.6 Å². The van der Waals surface area contributed by atoms with Crippen LogP contribution in [0.15, 0.2) is 12.1 Å². The molecule has 0 heterocycles. The van der Waals surface area contributed by atoms with Gasteiger partial charge in [-0.15, -0.1) is 11.6 Å². The van der Waals surface area contributed by atoms with Gasteiger partial charge in [0, 0.05) is 12.3 Å². The van der Waals surface area contributed by atoms with Gasteiger partial charge in [-0.05, 0) is 31.0 Å². The van der Waals surface area contributed by atoms with Crippen molar-refractivity contribution < 1.29 is 9.53 Å². The zero-order valence-corrected chi connectivity index (χ0v) is 10.5. The number of hydrogen-bond acceptors (Lipinski definition) is 2. The normalized spacial score (nSPS) is 10.0. The molecule has 0 atom stereocenters. The molecule has 0 unspecified atom stereocenters. The van der Waals surface area contributed by atoms with E-state index in [4.69, 9.17) is 16.3 Å². The molecule has 4 heteroatoms. The number of anilines is 1. The highest BCUT2D eigenvalue weighted by atomic mass is 35.5. The molecule has 0 saturated carbocycles. The van der Waals surface area contributed by atoms with E-state index in [1.54, 1.807) is 7.11 Å². The second-order valence-corrected chi connectivity index (χ2v) is 4.03. The number of methoxy groups -OCH3 is 1. The molecule has 0 aliphatic rings. The summed E-state index contributed by atoms with van der Waals surface area (Å²) in [5, 5.41) is 2.80. The van der Waals surface area contributed by atoms with Crippen molar-refractivity contribution in [2.24, 2.45) is 0 Å².